The average molecular weight is 198 g/mol. The third kappa shape index (κ3) is 2.61. The summed E-state index contributed by atoms with van der Waals surface area (Å²) >= 11 is 0. The van der Waals surface area contributed by atoms with Crippen molar-refractivity contribution < 1.29 is 9.90 Å². The van der Waals surface area contributed by atoms with Crippen LogP contribution in [0.4, 0.5) is 0 Å². The third-order valence-corrected chi connectivity index (χ3v) is 2.75. The van der Waals surface area contributed by atoms with E-state index in [0.29, 0.717) is 0 Å². The van der Waals surface area contributed by atoms with Crippen molar-refractivity contribution >= 4 is 5.97 Å². The highest BCUT2D eigenvalue weighted by Crippen LogP contribution is 2.28. The van der Waals surface area contributed by atoms with Gasteiger partial charge in [-0.05, 0) is 37.1 Å². The molecule has 1 rings (SSSR count). The minimum absolute atomic E-state index is 0.0252. The number of carboxylic acids is 1. The number of azide groups is 1. The number of nitrogens with zero attached hydrogens (tertiary/aromatic N) is 3. The van der Waals surface area contributed by atoms with E-state index in [2.05, 4.69) is 10.0 Å². The van der Waals surface area contributed by atoms with Crippen LogP contribution in [0.15, 0.2) is 5.11 Å². The van der Waals surface area contributed by atoms with E-state index in [1.165, 1.54) is 0 Å². The van der Waals surface area contributed by atoms with Crippen LogP contribution in [0, 0.1) is 5.92 Å². The van der Waals surface area contributed by atoms with E-state index in [-0.39, 0.29) is 12.0 Å². The molecule has 0 heterocycles. The number of nitrogens with two attached hydrogens (primary N) is 1. The molecule has 78 valence electrons. The van der Waals surface area contributed by atoms with Gasteiger partial charge in [-0.15, -0.1) is 0 Å². The zero-order valence-corrected chi connectivity index (χ0v) is 7.83. The molecule has 0 amide bonds. The summed E-state index contributed by atoms with van der Waals surface area (Å²) in [5.41, 5.74) is 13.7. The minimum Gasteiger partial charge on any atom is -0.480 e. The Morgan fingerprint density at radius 3 is 2.50 bits per heavy atom. The van der Waals surface area contributed by atoms with Crippen LogP contribution in [0.5, 0.6) is 0 Å². The van der Waals surface area contributed by atoms with E-state index >= 15 is 0 Å². The van der Waals surface area contributed by atoms with Crippen LogP contribution < -0.4 is 5.73 Å². The summed E-state index contributed by atoms with van der Waals surface area (Å²) in [4.78, 5) is 13.3. The van der Waals surface area contributed by atoms with E-state index in [4.69, 9.17) is 16.4 Å². The van der Waals surface area contributed by atoms with Gasteiger partial charge in [-0.25, -0.2) is 0 Å². The van der Waals surface area contributed by atoms with Crippen molar-refractivity contribution in [3.05, 3.63) is 10.4 Å². The Hall–Kier alpha value is -1.26. The van der Waals surface area contributed by atoms with Crippen LogP contribution in [-0.2, 0) is 4.79 Å². The first-order valence-electron chi connectivity index (χ1n) is 4.67. The zero-order valence-electron chi connectivity index (χ0n) is 7.83. The van der Waals surface area contributed by atoms with E-state index in [0.717, 1.165) is 25.7 Å². The average Bonchev–Trinajstić information content (AvgIpc) is 2.18. The molecule has 0 aliphatic heterocycles. The summed E-state index contributed by atoms with van der Waals surface area (Å²) in [5, 5.41) is 12.3. The normalized spacial score (nSPS) is 28.9. The van der Waals surface area contributed by atoms with E-state index in [1.807, 2.05) is 0 Å². The zero-order chi connectivity index (χ0) is 10.6. The topological polar surface area (TPSA) is 112 Å². The summed E-state index contributed by atoms with van der Waals surface area (Å²) in [6, 6.07) is -0.751. The van der Waals surface area contributed by atoms with Crippen molar-refractivity contribution in [3.63, 3.8) is 0 Å². The van der Waals surface area contributed by atoms with Crippen molar-refractivity contribution in [3.8, 4) is 0 Å². The molecular formula is C8H14N4O2. The fourth-order valence-corrected chi connectivity index (χ4v) is 1.85. The highest BCUT2D eigenvalue weighted by molar-refractivity contribution is 5.73. The number of rotatable bonds is 3. The molecule has 1 saturated carbocycles. The number of aliphatic carboxylic acids is 1. The predicted molar refractivity (Wildman–Crippen MR) is 50.5 cm³/mol. The van der Waals surface area contributed by atoms with E-state index in [9.17, 15) is 4.79 Å². The van der Waals surface area contributed by atoms with Gasteiger partial charge >= 0.3 is 5.97 Å². The molecule has 0 unspecified atom stereocenters. The van der Waals surface area contributed by atoms with Crippen molar-refractivity contribution in [2.75, 3.05) is 0 Å². The Bertz CT molecular complexity index is 254. The van der Waals surface area contributed by atoms with E-state index < -0.39 is 12.0 Å². The molecule has 1 atom stereocenters. The first kappa shape index (κ1) is 10.8. The Balaban J connectivity index is 2.42. The number of hydrogen-bond acceptors (Lipinski definition) is 3. The minimum atomic E-state index is -0.947. The van der Waals surface area contributed by atoms with Gasteiger partial charge in [0.1, 0.15) is 6.04 Å². The van der Waals surface area contributed by atoms with Crippen LogP contribution in [0.3, 0.4) is 0 Å². The molecule has 0 radical (unpaired) electrons. The van der Waals surface area contributed by atoms with Gasteiger partial charge in [0.15, 0.2) is 0 Å². The van der Waals surface area contributed by atoms with Gasteiger partial charge < -0.3 is 10.8 Å². The quantitative estimate of drug-likeness (QED) is 0.404. The van der Waals surface area contributed by atoms with Gasteiger partial charge in [-0.3, -0.25) is 4.79 Å². The first-order chi connectivity index (χ1) is 6.65. The van der Waals surface area contributed by atoms with Crippen molar-refractivity contribution in [2.24, 2.45) is 16.8 Å². The molecule has 0 bridgehead atoms. The van der Waals surface area contributed by atoms with Gasteiger partial charge in [0.2, 0.25) is 0 Å². The SMILES string of the molecule is [N-]=[N+]=NC1CCC([C@@H](N)C(=O)O)CC1. The van der Waals surface area contributed by atoms with Crippen molar-refractivity contribution in [1.29, 1.82) is 0 Å². The molecule has 0 aromatic carbocycles. The number of carboxylic acid groups (broad SMARTS) is 1. The van der Waals surface area contributed by atoms with Gasteiger partial charge in [-0.1, -0.05) is 5.11 Å². The van der Waals surface area contributed by atoms with Crippen LogP contribution in [-0.4, -0.2) is 23.2 Å². The molecule has 3 N–H and O–H groups in total. The molecular weight excluding hydrogens is 184 g/mol. The molecule has 1 aliphatic carbocycles. The molecule has 1 aliphatic rings. The van der Waals surface area contributed by atoms with Gasteiger partial charge in [0, 0.05) is 11.0 Å². The highest BCUT2D eigenvalue weighted by Gasteiger charge is 2.28. The van der Waals surface area contributed by atoms with Crippen LogP contribution in [0.25, 0.3) is 10.4 Å². The maximum absolute atomic E-state index is 10.6. The van der Waals surface area contributed by atoms with Gasteiger partial charge in [-0.2, -0.15) is 0 Å². The Kier molecular flexibility index (Phi) is 3.73. The summed E-state index contributed by atoms with van der Waals surface area (Å²) in [5.74, 6) is -0.921. The summed E-state index contributed by atoms with van der Waals surface area (Å²) < 4.78 is 0. The maximum Gasteiger partial charge on any atom is 0.320 e. The first-order valence-corrected chi connectivity index (χ1v) is 4.67. The summed E-state index contributed by atoms with van der Waals surface area (Å²) in [7, 11) is 0. The molecule has 0 aromatic heterocycles. The van der Waals surface area contributed by atoms with Gasteiger partial charge in [0.25, 0.3) is 0 Å². The molecule has 6 heteroatoms. The molecule has 14 heavy (non-hydrogen) atoms. The highest BCUT2D eigenvalue weighted by atomic mass is 16.4. The molecule has 0 spiro atoms. The van der Waals surface area contributed by atoms with Crippen LogP contribution in [0.1, 0.15) is 25.7 Å². The third-order valence-electron chi connectivity index (χ3n) is 2.75. The van der Waals surface area contributed by atoms with Crippen LogP contribution >= 0.6 is 0 Å². The maximum atomic E-state index is 10.6. The van der Waals surface area contributed by atoms with Crippen molar-refractivity contribution in [1.82, 2.24) is 0 Å². The summed E-state index contributed by atoms with van der Waals surface area (Å²) in [6.07, 6.45) is 2.96. The van der Waals surface area contributed by atoms with E-state index in [1.54, 1.807) is 0 Å². The van der Waals surface area contributed by atoms with Crippen molar-refractivity contribution in [2.45, 2.75) is 37.8 Å². The smallest absolute Gasteiger partial charge is 0.320 e. The predicted octanol–water partition coefficient (Wildman–Crippen LogP) is 1.27. The standard InChI is InChI=1S/C8H14N4O2/c9-7(8(13)14)5-1-3-6(4-2-5)11-12-10/h5-7H,1-4,9H2,(H,13,14)/t5?,6?,7-/m1/s1. The summed E-state index contributed by atoms with van der Waals surface area (Å²) in [6.45, 7) is 0. The lowest BCUT2D eigenvalue weighted by atomic mass is 9.82. The Morgan fingerprint density at radius 2 is 2.07 bits per heavy atom. The number of carbonyl (C=O) groups is 1. The number of hydrogen-bond donors (Lipinski definition) is 2. The second kappa shape index (κ2) is 4.83. The molecule has 6 nitrogen and oxygen atoms in total. The monoisotopic (exact) mass is 198 g/mol. The molecule has 0 aromatic rings. The fourth-order valence-electron chi connectivity index (χ4n) is 1.85. The largest absolute Gasteiger partial charge is 0.480 e. The Morgan fingerprint density at radius 1 is 1.50 bits per heavy atom. The molecule has 0 saturated heterocycles. The lowest BCUT2D eigenvalue weighted by Crippen LogP contribution is -2.40. The second-order valence-electron chi connectivity index (χ2n) is 3.64. The molecule has 1 fully saturated rings. The second-order valence-corrected chi connectivity index (χ2v) is 3.64. The Labute approximate surface area is 81.7 Å². The fraction of sp³-hybridized carbons (Fsp3) is 0.875. The lowest BCUT2D eigenvalue weighted by molar-refractivity contribution is -0.140. The lowest BCUT2D eigenvalue weighted by Gasteiger charge is -2.27. The van der Waals surface area contributed by atoms with Crippen LogP contribution in [0.2, 0.25) is 0 Å². The van der Waals surface area contributed by atoms with Gasteiger partial charge in [0.05, 0.1) is 0 Å².